The van der Waals surface area contributed by atoms with E-state index in [1.807, 2.05) is 0 Å². The molecule has 29 heavy (non-hydrogen) atoms. The maximum Gasteiger partial charge on any atom is 0.271 e. The number of benzene rings is 2. The van der Waals surface area contributed by atoms with Crippen molar-refractivity contribution in [2.45, 2.75) is 0 Å². The van der Waals surface area contributed by atoms with Crippen LogP contribution in [0.1, 0.15) is 15.9 Å². The number of rotatable bonds is 9. The number of hydrogen-bond donors (Lipinski definition) is 1. The first-order valence-electron chi connectivity index (χ1n) is 8.46. The molecule has 9 nitrogen and oxygen atoms in total. The predicted molar refractivity (Wildman–Crippen MR) is 107 cm³/mol. The Bertz CT molecular complexity index is 846. The highest BCUT2D eigenvalue weighted by Crippen LogP contribution is 2.38. The maximum absolute atomic E-state index is 12.5. The van der Waals surface area contributed by atoms with E-state index in [1.54, 1.807) is 19.2 Å². The van der Waals surface area contributed by atoms with Crippen LogP contribution in [0.4, 0.5) is 0 Å². The molecule has 0 aliphatic heterocycles. The van der Waals surface area contributed by atoms with Gasteiger partial charge >= 0.3 is 0 Å². The molecule has 2 rings (SSSR count). The summed E-state index contributed by atoms with van der Waals surface area (Å²) in [7, 11) is 9.00. The summed E-state index contributed by atoms with van der Waals surface area (Å²) in [5.41, 5.74) is 3.28. The van der Waals surface area contributed by atoms with Gasteiger partial charge in [-0.1, -0.05) is 0 Å². The Morgan fingerprint density at radius 3 is 1.69 bits per heavy atom. The lowest BCUT2D eigenvalue weighted by Gasteiger charge is -2.13. The van der Waals surface area contributed by atoms with Crippen LogP contribution in [-0.2, 0) is 0 Å². The summed E-state index contributed by atoms with van der Waals surface area (Å²) in [5, 5.41) is 4.01. The van der Waals surface area contributed by atoms with Gasteiger partial charge in [-0.2, -0.15) is 5.10 Å². The largest absolute Gasteiger partial charge is 0.496 e. The molecular formula is C20H24N2O7. The number of amides is 1. The Hall–Kier alpha value is -3.62. The van der Waals surface area contributed by atoms with E-state index in [0.717, 1.165) is 0 Å². The van der Waals surface area contributed by atoms with Crippen molar-refractivity contribution < 1.29 is 33.2 Å². The van der Waals surface area contributed by atoms with Crippen molar-refractivity contribution >= 4 is 12.1 Å². The zero-order valence-electron chi connectivity index (χ0n) is 17.2. The van der Waals surface area contributed by atoms with Crippen LogP contribution in [0.5, 0.6) is 34.5 Å². The van der Waals surface area contributed by atoms with Gasteiger partial charge in [0.1, 0.15) is 17.2 Å². The first-order valence-corrected chi connectivity index (χ1v) is 8.46. The molecule has 0 heterocycles. The van der Waals surface area contributed by atoms with Crippen molar-refractivity contribution in [3.05, 3.63) is 35.4 Å². The molecule has 0 aromatic heterocycles. The number of ether oxygens (including phenoxy) is 6. The Labute approximate surface area is 169 Å². The van der Waals surface area contributed by atoms with E-state index in [1.165, 1.54) is 53.9 Å². The topological polar surface area (TPSA) is 96.8 Å². The van der Waals surface area contributed by atoms with Gasteiger partial charge in [0.15, 0.2) is 11.5 Å². The molecule has 0 radical (unpaired) electrons. The van der Waals surface area contributed by atoms with Crippen LogP contribution in [0.15, 0.2) is 29.4 Å². The molecule has 0 spiro atoms. The van der Waals surface area contributed by atoms with E-state index in [-0.39, 0.29) is 5.56 Å². The van der Waals surface area contributed by atoms with Crippen molar-refractivity contribution in [1.29, 1.82) is 0 Å². The zero-order valence-corrected chi connectivity index (χ0v) is 17.2. The van der Waals surface area contributed by atoms with Gasteiger partial charge in [-0.25, -0.2) is 5.43 Å². The summed E-state index contributed by atoms with van der Waals surface area (Å²) < 4.78 is 31.7. The third-order valence-corrected chi connectivity index (χ3v) is 4.04. The Morgan fingerprint density at radius 1 is 0.759 bits per heavy atom. The van der Waals surface area contributed by atoms with Gasteiger partial charge in [-0.15, -0.1) is 0 Å². The van der Waals surface area contributed by atoms with Crippen molar-refractivity contribution in [3.63, 3.8) is 0 Å². The SMILES string of the molecule is COc1cc(OC)c(/C=N\NC(=O)c2cc(OC)c(OC)c(OC)c2)c(OC)c1. The molecule has 0 fully saturated rings. The van der Waals surface area contributed by atoms with Crippen molar-refractivity contribution in [2.24, 2.45) is 5.10 Å². The number of hydrazone groups is 1. The minimum Gasteiger partial charge on any atom is -0.496 e. The fourth-order valence-electron chi connectivity index (χ4n) is 2.59. The first-order chi connectivity index (χ1) is 14.0. The third-order valence-electron chi connectivity index (χ3n) is 4.04. The van der Waals surface area contributed by atoms with Crippen molar-refractivity contribution in [1.82, 2.24) is 5.43 Å². The molecule has 0 atom stereocenters. The molecule has 1 N–H and O–H groups in total. The highest BCUT2D eigenvalue weighted by atomic mass is 16.5. The second-order valence-electron chi connectivity index (χ2n) is 5.56. The van der Waals surface area contributed by atoms with Gasteiger partial charge in [0.05, 0.1) is 54.4 Å². The molecule has 0 aliphatic carbocycles. The fraction of sp³-hybridized carbons (Fsp3) is 0.300. The molecule has 1 amide bonds. The lowest BCUT2D eigenvalue weighted by Crippen LogP contribution is -2.18. The number of nitrogens with one attached hydrogen (secondary N) is 1. The number of carbonyl (C=O) groups is 1. The number of methoxy groups -OCH3 is 6. The molecule has 9 heteroatoms. The van der Waals surface area contributed by atoms with E-state index < -0.39 is 5.91 Å². The summed E-state index contributed by atoms with van der Waals surface area (Å²) in [6.45, 7) is 0. The van der Waals surface area contributed by atoms with Crippen LogP contribution in [0.2, 0.25) is 0 Å². The minimum atomic E-state index is -0.466. The number of nitrogens with zero attached hydrogens (tertiary/aromatic N) is 1. The van der Waals surface area contributed by atoms with Crippen LogP contribution >= 0.6 is 0 Å². The molecule has 156 valence electrons. The van der Waals surface area contributed by atoms with Gasteiger partial charge in [0.2, 0.25) is 5.75 Å². The number of carbonyl (C=O) groups excluding carboxylic acids is 1. The average molecular weight is 404 g/mol. The third kappa shape index (κ3) is 4.81. The van der Waals surface area contributed by atoms with Crippen LogP contribution in [-0.4, -0.2) is 54.8 Å². The van der Waals surface area contributed by atoms with Gasteiger partial charge in [0, 0.05) is 17.7 Å². The van der Waals surface area contributed by atoms with Gasteiger partial charge in [0.25, 0.3) is 5.91 Å². The molecule has 0 unspecified atom stereocenters. The summed E-state index contributed by atoms with van der Waals surface area (Å²) in [6.07, 6.45) is 1.42. The van der Waals surface area contributed by atoms with Crippen molar-refractivity contribution in [3.8, 4) is 34.5 Å². The second kappa shape index (κ2) is 10.1. The second-order valence-corrected chi connectivity index (χ2v) is 5.56. The normalized spacial score (nSPS) is 10.4. The summed E-state index contributed by atoms with van der Waals surface area (Å²) in [6, 6.07) is 6.43. The highest BCUT2D eigenvalue weighted by molar-refractivity contribution is 5.96. The average Bonchev–Trinajstić information content (AvgIpc) is 2.77. The van der Waals surface area contributed by atoms with E-state index in [0.29, 0.717) is 40.1 Å². The quantitative estimate of drug-likeness (QED) is 0.507. The molecule has 0 saturated heterocycles. The van der Waals surface area contributed by atoms with E-state index in [2.05, 4.69) is 10.5 Å². The summed E-state index contributed by atoms with van der Waals surface area (Å²) in [4.78, 5) is 12.5. The van der Waals surface area contributed by atoms with Gasteiger partial charge in [-0.3, -0.25) is 4.79 Å². The molecule has 2 aromatic rings. The fourth-order valence-corrected chi connectivity index (χ4v) is 2.59. The van der Waals surface area contributed by atoms with E-state index in [4.69, 9.17) is 28.4 Å². The van der Waals surface area contributed by atoms with E-state index >= 15 is 0 Å². The Morgan fingerprint density at radius 2 is 1.28 bits per heavy atom. The van der Waals surface area contributed by atoms with E-state index in [9.17, 15) is 4.79 Å². The first kappa shape index (κ1) is 21.7. The number of hydrogen-bond acceptors (Lipinski definition) is 8. The molecular weight excluding hydrogens is 380 g/mol. The Kier molecular flexibility index (Phi) is 7.53. The minimum absolute atomic E-state index is 0.283. The zero-order chi connectivity index (χ0) is 21.4. The van der Waals surface area contributed by atoms with Crippen LogP contribution in [0.3, 0.4) is 0 Å². The van der Waals surface area contributed by atoms with Gasteiger partial charge < -0.3 is 28.4 Å². The molecule has 0 bridgehead atoms. The molecule has 2 aromatic carbocycles. The maximum atomic E-state index is 12.5. The summed E-state index contributed by atoms with van der Waals surface area (Å²) >= 11 is 0. The van der Waals surface area contributed by atoms with Crippen LogP contribution < -0.4 is 33.8 Å². The highest BCUT2D eigenvalue weighted by Gasteiger charge is 2.17. The molecule has 0 aliphatic rings. The summed E-state index contributed by atoms with van der Waals surface area (Å²) in [5.74, 6) is 2.17. The standard InChI is InChI=1S/C20H24N2O7/c1-24-13-9-15(25-2)14(16(10-13)26-3)11-21-22-20(23)12-7-17(27-4)19(29-6)18(8-12)28-5/h7-11H,1-6H3,(H,22,23)/b21-11-. The lowest BCUT2D eigenvalue weighted by atomic mass is 10.1. The lowest BCUT2D eigenvalue weighted by molar-refractivity contribution is 0.0954. The predicted octanol–water partition coefficient (Wildman–Crippen LogP) is 2.50. The Balaban J connectivity index is 2.28. The molecule has 0 saturated carbocycles. The monoisotopic (exact) mass is 404 g/mol. The van der Waals surface area contributed by atoms with Crippen LogP contribution in [0.25, 0.3) is 0 Å². The van der Waals surface area contributed by atoms with Crippen LogP contribution in [0, 0.1) is 0 Å². The smallest absolute Gasteiger partial charge is 0.271 e. The van der Waals surface area contributed by atoms with Crippen molar-refractivity contribution in [2.75, 3.05) is 42.7 Å². The van der Waals surface area contributed by atoms with Gasteiger partial charge in [-0.05, 0) is 12.1 Å².